The Morgan fingerprint density at radius 2 is 2.00 bits per heavy atom. The van der Waals surface area contributed by atoms with Crippen LogP contribution in [-0.2, 0) is 0 Å². The van der Waals surface area contributed by atoms with Crippen LogP contribution in [0.3, 0.4) is 0 Å². The van der Waals surface area contributed by atoms with Gasteiger partial charge in [0.1, 0.15) is 11.3 Å². The summed E-state index contributed by atoms with van der Waals surface area (Å²) in [6, 6.07) is 12.0. The van der Waals surface area contributed by atoms with E-state index in [1.165, 1.54) is 12.3 Å². The molecule has 0 aliphatic heterocycles. The molecular weight excluding hydrogens is 428 g/mol. The number of furan rings is 1. The number of hydrogen-bond donors (Lipinski definition) is 2. The Labute approximate surface area is 148 Å². The minimum atomic E-state index is -0.439. The number of phenolic OH excluding ortho intramolecular Hbond substituents is 1. The predicted molar refractivity (Wildman–Crippen MR) is 94.8 cm³/mol. The van der Waals surface area contributed by atoms with Crippen LogP contribution >= 0.6 is 31.9 Å². The first-order valence-electron chi connectivity index (χ1n) is 6.54. The van der Waals surface area contributed by atoms with Crippen molar-refractivity contribution in [2.45, 2.75) is 0 Å². The summed E-state index contributed by atoms with van der Waals surface area (Å²) in [6.07, 6.45) is 1.47. The van der Waals surface area contributed by atoms with Crippen molar-refractivity contribution in [1.82, 2.24) is 5.43 Å². The van der Waals surface area contributed by atoms with E-state index in [4.69, 9.17) is 4.42 Å². The first kappa shape index (κ1) is 15.8. The smallest absolute Gasteiger partial charge is 0.307 e. The van der Waals surface area contributed by atoms with Crippen LogP contribution in [0.25, 0.3) is 11.0 Å². The summed E-state index contributed by atoms with van der Waals surface area (Å²) < 4.78 is 6.94. The van der Waals surface area contributed by atoms with E-state index in [1.807, 2.05) is 12.1 Å². The number of benzene rings is 2. The van der Waals surface area contributed by atoms with Gasteiger partial charge in [0.25, 0.3) is 0 Å². The number of phenols is 1. The number of fused-ring (bicyclic) bond motifs is 1. The number of amides is 1. The maximum absolute atomic E-state index is 12.0. The van der Waals surface area contributed by atoms with Gasteiger partial charge in [-0.15, -0.1) is 0 Å². The van der Waals surface area contributed by atoms with Gasteiger partial charge in [0, 0.05) is 9.86 Å². The molecule has 0 spiro atoms. The number of rotatable bonds is 3. The molecule has 0 saturated carbocycles. The van der Waals surface area contributed by atoms with Crippen LogP contribution in [0.2, 0.25) is 0 Å². The van der Waals surface area contributed by atoms with Crippen LogP contribution in [0.4, 0.5) is 0 Å². The van der Waals surface area contributed by atoms with E-state index in [1.54, 1.807) is 24.3 Å². The summed E-state index contributed by atoms with van der Waals surface area (Å²) in [5, 5.41) is 14.1. The molecule has 0 radical (unpaired) electrons. The second-order valence-electron chi connectivity index (χ2n) is 4.70. The number of carbonyl (C=O) groups is 1. The lowest BCUT2D eigenvalue weighted by molar-refractivity contribution is 0.0929. The number of halogens is 2. The molecule has 23 heavy (non-hydrogen) atoms. The lowest BCUT2D eigenvalue weighted by Gasteiger charge is -1.98. The monoisotopic (exact) mass is 436 g/mol. The lowest BCUT2D eigenvalue weighted by Crippen LogP contribution is -2.16. The van der Waals surface area contributed by atoms with Crippen molar-refractivity contribution in [2.75, 3.05) is 0 Å². The Hall–Kier alpha value is -2.12. The fourth-order valence-corrected chi connectivity index (χ4v) is 2.73. The maximum atomic E-state index is 12.0. The molecule has 5 nitrogen and oxygen atoms in total. The number of hydrazone groups is 1. The van der Waals surface area contributed by atoms with Crippen LogP contribution in [-0.4, -0.2) is 17.2 Å². The Kier molecular flexibility index (Phi) is 4.49. The topological polar surface area (TPSA) is 74.8 Å². The van der Waals surface area contributed by atoms with Crippen LogP contribution in [0.5, 0.6) is 5.75 Å². The highest BCUT2D eigenvalue weighted by molar-refractivity contribution is 9.10. The van der Waals surface area contributed by atoms with Gasteiger partial charge in [0.2, 0.25) is 0 Å². The molecule has 0 fully saturated rings. The lowest BCUT2D eigenvalue weighted by atomic mass is 10.2. The minimum Gasteiger partial charge on any atom is -0.507 e. The number of nitrogens with one attached hydrogen (secondary N) is 1. The van der Waals surface area contributed by atoms with Gasteiger partial charge in [-0.05, 0) is 64.0 Å². The average molecular weight is 438 g/mol. The summed E-state index contributed by atoms with van der Waals surface area (Å²) in [5.74, 6) is -0.117. The van der Waals surface area contributed by atoms with Gasteiger partial charge in [0.15, 0.2) is 5.76 Å². The first-order chi connectivity index (χ1) is 11.0. The number of carbonyl (C=O) groups excluding carboxylic acids is 1. The molecule has 0 saturated heterocycles. The summed E-state index contributed by atoms with van der Waals surface area (Å²) >= 11 is 6.58. The molecule has 0 bridgehead atoms. The zero-order valence-corrected chi connectivity index (χ0v) is 14.8. The molecule has 2 N–H and O–H groups in total. The minimum absolute atomic E-state index is 0.139. The second-order valence-corrected chi connectivity index (χ2v) is 6.47. The van der Waals surface area contributed by atoms with E-state index < -0.39 is 5.91 Å². The molecule has 1 amide bonds. The van der Waals surface area contributed by atoms with Gasteiger partial charge in [0.05, 0.1) is 10.7 Å². The van der Waals surface area contributed by atoms with Crippen LogP contribution in [0.1, 0.15) is 16.1 Å². The van der Waals surface area contributed by atoms with E-state index in [0.29, 0.717) is 10.1 Å². The third-order valence-corrected chi connectivity index (χ3v) is 4.18. The maximum Gasteiger partial charge on any atom is 0.307 e. The van der Waals surface area contributed by atoms with Crippen molar-refractivity contribution in [2.24, 2.45) is 5.10 Å². The molecule has 0 atom stereocenters. The SMILES string of the molecule is O=C(N/N=C/c1ccc(O)c(Br)c1)c1cc2cc(Br)ccc2o1. The molecular formula is C16H10Br2N2O3. The molecule has 0 unspecified atom stereocenters. The fraction of sp³-hybridized carbons (Fsp3) is 0. The molecule has 0 aliphatic carbocycles. The molecule has 2 aromatic carbocycles. The van der Waals surface area contributed by atoms with Gasteiger partial charge in [-0.1, -0.05) is 15.9 Å². The Morgan fingerprint density at radius 1 is 1.17 bits per heavy atom. The second kappa shape index (κ2) is 6.55. The van der Waals surface area contributed by atoms with Crippen LogP contribution < -0.4 is 5.43 Å². The van der Waals surface area contributed by atoms with Gasteiger partial charge in [-0.2, -0.15) is 5.10 Å². The summed E-state index contributed by atoms with van der Waals surface area (Å²) in [4.78, 5) is 12.0. The summed E-state index contributed by atoms with van der Waals surface area (Å²) in [6.45, 7) is 0. The third-order valence-electron chi connectivity index (χ3n) is 3.05. The Bertz CT molecular complexity index is 919. The van der Waals surface area contributed by atoms with Gasteiger partial charge in [-0.25, -0.2) is 5.43 Å². The number of hydrogen-bond acceptors (Lipinski definition) is 4. The summed E-state index contributed by atoms with van der Waals surface area (Å²) in [5.41, 5.74) is 3.76. The first-order valence-corrected chi connectivity index (χ1v) is 8.12. The van der Waals surface area contributed by atoms with Crippen LogP contribution in [0.15, 0.2) is 60.9 Å². The van der Waals surface area contributed by atoms with E-state index in [0.717, 1.165) is 15.4 Å². The molecule has 3 aromatic rings. The van der Waals surface area contributed by atoms with Crippen molar-refractivity contribution in [3.8, 4) is 5.75 Å². The molecule has 0 aliphatic rings. The fourth-order valence-electron chi connectivity index (χ4n) is 1.95. The van der Waals surface area contributed by atoms with Crippen molar-refractivity contribution >= 4 is 55.0 Å². The van der Waals surface area contributed by atoms with Crippen molar-refractivity contribution in [1.29, 1.82) is 0 Å². The highest BCUT2D eigenvalue weighted by atomic mass is 79.9. The molecule has 1 heterocycles. The Balaban J connectivity index is 1.72. The quantitative estimate of drug-likeness (QED) is 0.470. The summed E-state index contributed by atoms with van der Waals surface area (Å²) in [7, 11) is 0. The van der Waals surface area contributed by atoms with E-state index in [-0.39, 0.29) is 11.5 Å². The van der Waals surface area contributed by atoms with E-state index >= 15 is 0 Å². The molecule has 1 aromatic heterocycles. The molecule has 3 rings (SSSR count). The van der Waals surface area contributed by atoms with Crippen molar-refractivity contribution in [3.05, 3.63) is 62.7 Å². The predicted octanol–water partition coefficient (Wildman–Crippen LogP) is 4.43. The van der Waals surface area contributed by atoms with Crippen molar-refractivity contribution in [3.63, 3.8) is 0 Å². The molecule has 116 valence electrons. The zero-order chi connectivity index (χ0) is 16.4. The number of nitrogens with zero attached hydrogens (tertiary/aromatic N) is 1. The molecule has 7 heteroatoms. The largest absolute Gasteiger partial charge is 0.507 e. The third kappa shape index (κ3) is 3.62. The van der Waals surface area contributed by atoms with Gasteiger partial charge in [-0.3, -0.25) is 4.79 Å². The average Bonchev–Trinajstić information content (AvgIpc) is 2.94. The zero-order valence-electron chi connectivity index (χ0n) is 11.6. The highest BCUT2D eigenvalue weighted by Gasteiger charge is 2.11. The Morgan fingerprint density at radius 3 is 2.78 bits per heavy atom. The van der Waals surface area contributed by atoms with Gasteiger partial charge >= 0.3 is 5.91 Å². The number of aromatic hydroxyl groups is 1. The van der Waals surface area contributed by atoms with Gasteiger partial charge < -0.3 is 9.52 Å². The van der Waals surface area contributed by atoms with Crippen LogP contribution in [0, 0.1) is 0 Å². The van der Waals surface area contributed by atoms with E-state index in [9.17, 15) is 9.90 Å². The van der Waals surface area contributed by atoms with E-state index in [2.05, 4.69) is 42.4 Å². The van der Waals surface area contributed by atoms with Crippen molar-refractivity contribution < 1.29 is 14.3 Å². The normalized spacial score (nSPS) is 11.2. The standard InChI is InChI=1S/C16H10Br2N2O3/c17-11-2-4-14-10(6-11)7-15(23-14)16(22)20-19-8-9-1-3-13(21)12(18)5-9/h1-8,21H,(H,20,22)/b19-8+. The highest BCUT2D eigenvalue weighted by Crippen LogP contribution is 2.24.